The average molecular weight is 312 g/mol. The van der Waals surface area contributed by atoms with Gasteiger partial charge in [-0.2, -0.15) is 0 Å². The van der Waals surface area contributed by atoms with Crippen molar-refractivity contribution < 1.29 is 13.5 Å². The van der Waals surface area contributed by atoms with E-state index >= 15 is 0 Å². The molecule has 1 N–H and O–H groups in total. The van der Waals surface area contributed by atoms with Crippen LogP contribution in [0.2, 0.25) is 5.02 Å². The molecule has 21 heavy (non-hydrogen) atoms. The molecule has 0 fully saturated rings. The van der Waals surface area contributed by atoms with Crippen molar-refractivity contribution in [2.45, 2.75) is 19.9 Å². The summed E-state index contributed by atoms with van der Waals surface area (Å²) in [5.41, 5.74) is 1.41. The molecular weight excluding hydrogens is 296 g/mol. The van der Waals surface area contributed by atoms with Gasteiger partial charge in [0.2, 0.25) is 0 Å². The molecule has 0 aromatic heterocycles. The zero-order valence-corrected chi connectivity index (χ0v) is 12.5. The maximum absolute atomic E-state index is 13.3. The molecule has 0 aliphatic heterocycles. The number of ether oxygens (including phenoxy) is 1. The topological polar surface area (TPSA) is 21.3 Å². The summed E-state index contributed by atoms with van der Waals surface area (Å²) in [7, 11) is 0. The molecule has 0 bridgehead atoms. The van der Waals surface area contributed by atoms with Gasteiger partial charge >= 0.3 is 0 Å². The summed E-state index contributed by atoms with van der Waals surface area (Å²) < 4.78 is 31.8. The third kappa shape index (κ3) is 3.85. The second-order valence-corrected chi connectivity index (χ2v) is 5.01. The van der Waals surface area contributed by atoms with E-state index in [-0.39, 0.29) is 17.7 Å². The number of hydrogen-bond acceptors (Lipinski definition) is 2. The molecule has 5 heteroatoms. The highest BCUT2D eigenvalue weighted by atomic mass is 35.5. The van der Waals surface area contributed by atoms with Crippen LogP contribution in [0.5, 0.6) is 5.75 Å². The van der Waals surface area contributed by atoms with E-state index in [1.165, 1.54) is 24.3 Å². The van der Waals surface area contributed by atoms with Gasteiger partial charge in [0.25, 0.3) is 0 Å². The standard InChI is InChI=1S/C16H16ClF2NO/c1-3-21-16-9-12(19)5-7-15(16)20-10(2)13-6-4-11(18)8-14(13)17/h4-10,20H,3H2,1-2H3. The predicted molar refractivity (Wildman–Crippen MR) is 81.0 cm³/mol. The number of hydrogen-bond donors (Lipinski definition) is 1. The lowest BCUT2D eigenvalue weighted by molar-refractivity contribution is 0.339. The second kappa shape index (κ2) is 6.76. The van der Waals surface area contributed by atoms with Crippen LogP contribution in [0.4, 0.5) is 14.5 Å². The Morgan fingerprint density at radius 3 is 2.48 bits per heavy atom. The van der Waals surface area contributed by atoms with E-state index in [0.717, 1.165) is 5.56 Å². The van der Waals surface area contributed by atoms with E-state index in [1.54, 1.807) is 12.1 Å². The van der Waals surface area contributed by atoms with Gasteiger partial charge in [-0.1, -0.05) is 17.7 Å². The van der Waals surface area contributed by atoms with Gasteiger partial charge in [-0.25, -0.2) is 8.78 Å². The van der Waals surface area contributed by atoms with Crippen molar-refractivity contribution >= 4 is 17.3 Å². The van der Waals surface area contributed by atoms with Crippen molar-refractivity contribution in [3.05, 3.63) is 58.6 Å². The zero-order valence-electron chi connectivity index (χ0n) is 11.8. The Hall–Kier alpha value is -1.81. The molecule has 2 aromatic rings. The third-order valence-electron chi connectivity index (χ3n) is 3.04. The van der Waals surface area contributed by atoms with Crippen LogP contribution in [0.1, 0.15) is 25.5 Å². The molecule has 112 valence electrons. The number of halogens is 3. The van der Waals surface area contributed by atoms with Crippen molar-refractivity contribution in [1.29, 1.82) is 0 Å². The second-order valence-electron chi connectivity index (χ2n) is 4.61. The minimum atomic E-state index is -0.382. The number of nitrogens with one attached hydrogen (secondary N) is 1. The van der Waals surface area contributed by atoms with Gasteiger partial charge in [0.05, 0.1) is 18.3 Å². The fraction of sp³-hybridized carbons (Fsp3) is 0.250. The molecule has 0 heterocycles. The summed E-state index contributed by atoms with van der Waals surface area (Å²) in [6.45, 7) is 4.15. The fourth-order valence-electron chi connectivity index (χ4n) is 2.05. The smallest absolute Gasteiger partial charge is 0.145 e. The quantitative estimate of drug-likeness (QED) is 0.820. The van der Waals surface area contributed by atoms with Gasteiger partial charge in [-0.05, 0) is 43.7 Å². The lowest BCUT2D eigenvalue weighted by Crippen LogP contribution is -2.09. The highest BCUT2D eigenvalue weighted by molar-refractivity contribution is 6.31. The molecular formula is C16H16ClF2NO. The van der Waals surface area contributed by atoms with Crippen LogP contribution < -0.4 is 10.1 Å². The Balaban J connectivity index is 2.24. The van der Waals surface area contributed by atoms with Crippen molar-refractivity contribution in [2.24, 2.45) is 0 Å². The SMILES string of the molecule is CCOc1cc(F)ccc1NC(C)c1ccc(F)cc1Cl. The lowest BCUT2D eigenvalue weighted by atomic mass is 10.1. The van der Waals surface area contributed by atoms with Gasteiger partial charge in [-0.3, -0.25) is 0 Å². The minimum Gasteiger partial charge on any atom is -0.492 e. The van der Waals surface area contributed by atoms with Crippen molar-refractivity contribution in [2.75, 3.05) is 11.9 Å². The van der Waals surface area contributed by atoms with Gasteiger partial charge in [0.1, 0.15) is 17.4 Å². The monoisotopic (exact) mass is 311 g/mol. The third-order valence-corrected chi connectivity index (χ3v) is 3.37. The van der Waals surface area contributed by atoms with Crippen LogP contribution in [-0.4, -0.2) is 6.61 Å². The van der Waals surface area contributed by atoms with Crippen LogP contribution in [-0.2, 0) is 0 Å². The molecule has 0 aliphatic carbocycles. The molecule has 0 amide bonds. The highest BCUT2D eigenvalue weighted by Crippen LogP contribution is 2.31. The molecule has 2 aromatic carbocycles. The van der Waals surface area contributed by atoms with Crippen LogP contribution >= 0.6 is 11.6 Å². The molecule has 1 atom stereocenters. The summed E-state index contributed by atoms with van der Waals surface area (Å²) in [5.74, 6) is -0.313. The number of benzene rings is 2. The Morgan fingerprint density at radius 1 is 1.14 bits per heavy atom. The van der Waals surface area contributed by atoms with Gasteiger partial charge in [-0.15, -0.1) is 0 Å². The Bertz CT molecular complexity index is 634. The summed E-state index contributed by atoms with van der Waals surface area (Å²) in [6, 6.07) is 8.35. The first-order chi connectivity index (χ1) is 10.0. The summed E-state index contributed by atoms with van der Waals surface area (Å²) in [4.78, 5) is 0. The summed E-state index contributed by atoms with van der Waals surface area (Å²) in [5, 5.41) is 3.54. The first-order valence-corrected chi connectivity index (χ1v) is 7.03. The molecule has 1 unspecified atom stereocenters. The Kier molecular flexibility index (Phi) is 5.02. The fourth-order valence-corrected chi connectivity index (χ4v) is 2.38. The number of anilines is 1. The summed E-state index contributed by atoms with van der Waals surface area (Å²) >= 11 is 6.05. The highest BCUT2D eigenvalue weighted by Gasteiger charge is 2.13. The Labute approximate surface area is 127 Å². The zero-order chi connectivity index (χ0) is 15.4. The molecule has 0 radical (unpaired) electrons. The molecule has 2 nitrogen and oxygen atoms in total. The van der Waals surface area contributed by atoms with E-state index in [0.29, 0.717) is 23.1 Å². The van der Waals surface area contributed by atoms with Crippen molar-refractivity contribution in [1.82, 2.24) is 0 Å². The van der Waals surface area contributed by atoms with E-state index in [2.05, 4.69) is 5.32 Å². The Morgan fingerprint density at radius 2 is 1.81 bits per heavy atom. The van der Waals surface area contributed by atoms with E-state index in [4.69, 9.17) is 16.3 Å². The van der Waals surface area contributed by atoms with Crippen LogP contribution in [0.25, 0.3) is 0 Å². The molecule has 2 rings (SSSR count). The lowest BCUT2D eigenvalue weighted by Gasteiger charge is -2.19. The normalized spacial score (nSPS) is 12.0. The van der Waals surface area contributed by atoms with E-state index < -0.39 is 0 Å². The van der Waals surface area contributed by atoms with Crippen molar-refractivity contribution in [3.8, 4) is 5.75 Å². The van der Waals surface area contributed by atoms with Crippen molar-refractivity contribution in [3.63, 3.8) is 0 Å². The molecule has 0 aliphatic rings. The molecule has 0 spiro atoms. The van der Waals surface area contributed by atoms with E-state index in [9.17, 15) is 8.78 Å². The van der Waals surface area contributed by atoms with Gasteiger partial charge in [0, 0.05) is 11.1 Å². The number of rotatable bonds is 5. The first kappa shape index (κ1) is 15.6. The van der Waals surface area contributed by atoms with Gasteiger partial charge < -0.3 is 10.1 Å². The maximum Gasteiger partial charge on any atom is 0.145 e. The van der Waals surface area contributed by atoms with Crippen LogP contribution in [0.15, 0.2) is 36.4 Å². The largest absolute Gasteiger partial charge is 0.492 e. The van der Waals surface area contributed by atoms with Crippen LogP contribution in [0, 0.1) is 11.6 Å². The minimum absolute atomic E-state index is 0.178. The first-order valence-electron chi connectivity index (χ1n) is 6.65. The van der Waals surface area contributed by atoms with Gasteiger partial charge in [0.15, 0.2) is 0 Å². The summed E-state index contributed by atoms with van der Waals surface area (Å²) in [6.07, 6.45) is 0. The van der Waals surface area contributed by atoms with Crippen LogP contribution in [0.3, 0.4) is 0 Å². The molecule has 0 saturated heterocycles. The molecule has 0 saturated carbocycles. The average Bonchev–Trinajstić information content (AvgIpc) is 2.42. The maximum atomic E-state index is 13.3. The predicted octanol–water partition coefficient (Wildman–Crippen LogP) is 5.19. The van der Waals surface area contributed by atoms with E-state index in [1.807, 2.05) is 13.8 Å².